The molecule has 0 bridgehead atoms. The molecule has 11 heavy (non-hydrogen) atoms. The van der Waals surface area contributed by atoms with E-state index in [1.165, 1.54) is 37.0 Å². The lowest BCUT2D eigenvalue weighted by Crippen LogP contribution is -1.81. The van der Waals surface area contributed by atoms with Gasteiger partial charge < -0.3 is 4.42 Å². The summed E-state index contributed by atoms with van der Waals surface area (Å²) in [5, 5.41) is 0. The van der Waals surface area contributed by atoms with Gasteiger partial charge in [0, 0.05) is 5.92 Å². The average Bonchev–Trinajstić information content (AvgIpc) is 2.91. The van der Waals surface area contributed by atoms with Crippen LogP contribution >= 0.6 is 0 Å². The second-order valence-electron chi connectivity index (χ2n) is 3.79. The third-order valence-corrected chi connectivity index (χ3v) is 2.69. The Morgan fingerprint density at radius 2 is 1.82 bits per heavy atom. The Morgan fingerprint density at radius 3 is 2.45 bits per heavy atom. The lowest BCUT2D eigenvalue weighted by Gasteiger charge is -1.95. The van der Waals surface area contributed by atoms with Crippen LogP contribution in [0.15, 0.2) is 16.7 Å². The zero-order chi connectivity index (χ0) is 7.26. The number of hydrogen-bond donors (Lipinski definition) is 0. The summed E-state index contributed by atoms with van der Waals surface area (Å²) in [6.07, 6.45) is 7.35. The predicted octanol–water partition coefficient (Wildman–Crippen LogP) is 3.03. The summed E-state index contributed by atoms with van der Waals surface area (Å²) in [5.74, 6) is 2.97. The third kappa shape index (κ3) is 0.907. The molecule has 1 aromatic rings. The molecule has 1 nitrogen and oxygen atoms in total. The molecule has 58 valence electrons. The maximum Gasteiger partial charge on any atom is 0.110 e. The van der Waals surface area contributed by atoms with Crippen molar-refractivity contribution in [2.45, 2.75) is 37.5 Å². The summed E-state index contributed by atoms with van der Waals surface area (Å²) >= 11 is 0. The molecule has 0 aliphatic heterocycles. The van der Waals surface area contributed by atoms with Gasteiger partial charge in [-0.2, -0.15) is 0 Å². The van der Waals surface area contributed by atoms with Gasteiger partial charge in [-0.05, 0) is 43.2 Å². The Hall–Kier alpha value is -0.720. The van der Waals surface area contributed by atoms with Crippen LogP contribution in [-0.2, 0) is 0 Å². The van der Waals surface area contributed by atoms with Crippen LogP contribution in [0.4, 0.5) is 0 Å². The first-order chi connectivity index (χ1) is 5.45. The Bertz CT molecular complexity index is 240. The van der Waals surface area contributed by atoms with Crippen LogP contribution in [0, 0.1) is 0 Å². The van der Waals surface area contributed by atoms with E-state index in [4.69, 9.17) is 4.42 Å². The molecule has 3 rings (SSSR count). The molecule has 0 atom stereocenters. The van der Waals surface area contributed by atoms with Crippen LogP contribution < -0.4 is 0 Å². The summed E-state index contributed by atoms with van der Waals surface area (Å²) in [7, 11) is 0. The zero-order valence-electron chi connectivity index (χ0n) is 6.55. The van der Waals surface area contributed by atoms with Crippen molar-refractivity contribution in [3.63, 3.8) is 0 Å². The maximum absolute atomic E-state index is 5.49. The van der Waals surface area contributed by atoms with Gasteiger partial charge in [0.15, 0.2) is 0 Å². The first kappa shape index (κ1) is 5.87. The second-order valence-corrected chi connectivity index (χ2v) is 3.79. The van der Waals surface area contributed by atoms with Gasteiger partial charge in [-0.25, -0.2) is 0 Å². The fourth-order valence-corrected chi connectivity index (χ4v) is 1.74. The lowest BCUT2D eigenvalue weighted by molar-refractivity contribution is 0.507. The monoisotopic (exact) mass is 148 g/mol. The Balaban J connectivity index is 1.98. The molecule has 0 spiro atoms. The van der Waals surface area contributed by atoms with Crippen molar-refractivity contribution in [2.24, 2.45) is 0 Å². The van der Waals surface area contributed by atoms with Crippen LogP contribution in [0.5, 0.6) is 0 Å². The minimum atomic E-state index is 0.792. The van der Waals surface area contributed by atoms with E-state index in [9.17, 15) is 0 Å². The van der Waals surface area contributed by atoms with Crippen molar-refractivity contribution in [3.8, 4) is 0 Å². The zero-order valence-corrected chi connectivity index (χ0v) is 6.55. The molecule has 2 aliphatic rings. The fraction of sp³-hybridized carbons (Fsp3) is 0.600. The lowest BCUT2D eigenvalue weighted by atomic mass is 10.1. The van der Waals surface area contributed by atoms with E-state index in [1.807, 2.05) is 6.26 Å². The summed E-state index contributed by atoms with van der Waals surface area (Å²) < 4.78 is 5.49. The third-order valence-electron chi connectivity index (χ3n) is 2.69. The van der Waals surface area contributed by atoms with Gasteiger partial charge in [-0.1, -0.05) is 0 Å². The number of hydrogen-bond acceptors (Lipinski definition) is 1. The van der Waals surface area contributed by atoms with E-state index >= 15 is 0 Å². The molecular weight excluding hydrogens is 136 g/mol. The highest BCUT2D eigenvalue weighted by Gasteiger charge is 2.34. The maximum atomic E-state index is 5.49. The Labute approximate surface area is 66.4 Å². The molecule has 1 heterocycles. The fourth-order valence-electron chi connectivity index (χ4n) is 1.74. The average molecular weight is 148 g/mol. The summed E-state index contributed by atoms with van der Waals surface area (Å²) in [5.41, 5.74) is 1.52. The minimum Gasteiger partial charge on any atom is -0.469 e. The summed E-state index contributed by atoms with van der Waals surface area (Å²) in [6, 6.07) is 2.17. The molecule has 2 aliphatic carbocycles. The summed E-state index contributed by atoms with van der Waals surface area (Å²) in [6.45, 7) is 0. The molecule has 2 fully saturated rings. The van der Waals surface area contributed by atoms with Gasteiger partial charge in [-0.3, -0.25) is 0 Å². The van der Waals surface area contributed by atoms with E-state index in [-0.39, 0.29) is 0 Å². The first-order valence-corrected chi connectivity index (χ1v) is 4.52. The predicted molar refractivity (Wildman–Crippen MR) is 42.7 cm³/mol. The van der Waals surface area contributed by atoms with Gasteiger partial charge in [0.2, 0.25) is 0 Å². The van der Waals surface area contributed by atoms with Crippen LogP contribution in [0.3, 0.4) is 0 Å². The molecule has 0 radical (unpaired) electrons. The molecule has 0 saturated heterocycles. The van der Waals surface area contributed by atoms with E-state index in [0.29, 0.717) is 0 Å². The van der Waals surface area contributed by atoms with Crippen molar-refractivity contribution in [1.82, 2.24) is 0 Å². The van der Waals surface area contributed by atoms with Crippen molar-refractivity contribution in [1.29, 1.82) is 0 Å². The second kappa shape index (κ2) is 1.90. The first-order valence-electron chi connectivity index (χ1n) is 4.52. The number of furan rings is 1. The van der Waals surface area contributed by atoms with Crippen molar-refractivity contribution in [3.05, 3.63) is 23.7 Å². The normalized spacial score (nSPS) is 24.0. The van der Waals surface area contributed by atoms with Gasteiger partial charge in [-0.15, -0.1) is 0 Å². The highest BCUT2D eigenvalue weighted by atomic mass is 16.3. The highest BCUT2D eigenvalue weighted by Crippen LogP contribution is 2.49. The van der Waals surface area contributed by atoms with E-state index in [1.54, 1.807) is 0 Å². The van der Waals surface area contributed by atoms with Crippen molar-refractivity contribution < 1.29 is 4.42 Å². The molecular formula is C10H12O. The van der Waals surface area contributed by atoms with Gasteiger partial charge >= 0.3 is 0 Å². The van der Waals surface area contributed by atoms with Gasteiger partial charge in [0.25, 0.3) is 0 Å². The Morgan fingerprint density at radius 1 is 1.09 bits per heavy atom. The van der Waals surface area contributed by atoms with Crippen molar-refractivity contribution in [2.75, 3.05) is 0 Å². The minimum absolute atomic E-state index is 0.792. The molecule has 0 amide bonds. The van der Waals surface area contributed by atoms with Gasteiger partial charge in [0.1, 0.15) is 5.76 Å². The quantitative estimate of drug-likeness (QED) is 0.628. The number of rotatable bonds is 2. The van der Waals surface area contributed by atoms with E-state index < -0.39 is 0 Å². The van der Waals surface area contributed by atoms with Crippen molar-refractivity contribution >= 4 is 0 Å². The Kier molecular flexibility index (Phi) is 1.02. The molecule has 0 aromatic carbocycles. The molecule has 0 N–H and O–H groups in total. The molecule has 0 unspecified atom stereocenters. The highest BCUT2D eigenvalue weighted by molar-refractivity contribution is 5.30. The molecule has 2 saturated carbocycles. The van der Waals surface area contributed by atoms with Crippen LogP contribution in [0.2, 0.25) is 0 Å². The van der Waals surface area contributed by atoms with Crippen LogP contribution in [0.1, 0.15) is 48.8 Å². The topological polar surface area (TPSA) is 13.1 Å². The van der Waals surface area contributed by atoms with E-state index in [0.717, 1.165) is 11.8 Å². The summed E-state index contributed by atoms with van der Waals surface area (Å²) in [4.78, 5) is 0. The van der Waals surface area contributed by atoms with Crippen LogP contribution in [0.25, 0.3) is 0 Å². The largest absolute Gasteiger partial charge is 0.469 e. The van der Waals surface area contributed by atoms with Gasteiger partial charge in [0.05, 0.1) is 6.26 Å². The SMILES string of the molecule is c1cc(C2CC2)c(C2CC2)o1. The standard InChI is InChI=1S/C10H12O/c1-2-7(1)9-5-6-11-10(9)8-3-4-8/h5-8H,1-4H2. The molecule has 1 heteroatoms. The van der Waals surface area contributed by atoms with Crippen LogP contribution in [-0.4, -0.2) is 0 Å². The molecule has 1 aromatic heterocycles. The van der Waals surface area contributed by atoms with E-state index in [2.05, 4.69) is 6.07 Å². The smallest absolute Gasteiger partial charge is 0.110 e.